The first kappa shape index (κ1) is 13.5. The summed E-state index contributed by atoms with van der Waals surface area (Å²) < 4.78 is 5.37. The van der Waals surface area contributed by atoms with E-state index >= 15 is 0 Å². The molecular weight excluding hydrogens is 218 g/mol. The molecule has 0 bridgehead atoms. The Bertz CT molecular complexity index is 377. The zero-order chi connectivity index (χ0) is 12.8. The number of aromatic hydroxyl groups is 1. The lowest BCUT2D eigenvalue weighted by Crippen LogP contribution is -2.30. The zero-order valence-electron chi connectivity index (χ0n) is 10.5. The zero-order valence-corrected chi connectivity index (χ0v) is 10.5. The van der Waals surface area contributed by atoms with Crippen LogP contribution in [0, 0.1) is 0 Å². The second-order valence-electron chi connectivity index (χ2n) is 4.16. The SMILES string of the molecule is CC(C)OCCN(C)C(=O)c1ccccc1O. The molecule has 0 unspecified atom stereocenters. The summed E-state index contributed by atoms with van der Waals surface area (Å²) in [4.78, 5) is 13.5. The molecule has 94 valence electrons. The van der Waals surface area contributed by atoms with Crippen LogP contribution in [0.2, 0.25) is 0 Å². The Morgan fingerprint density at radius 2 is 2.06 bits per heavy atom. The Morgan fingerprint density at radius 3 is 2.65 bits per heavy atom. The Hall–Kier alpha value is -1.55. The summed E-state index contributed by atoms with van der Waals surface area (Å²) in [6.07, 6.45) is 0.156. The van der Waals surface area contributed by atoms with Crippen molar-refractivity contribution in [3.8, 4) is 5.75 Å². The van der Waals surface area contributed by atoms with Gasteiger partial charge in [0.1, 0.15) is 5.75 Å². The van der Waals surface area contributed by atoms with Gasteiger partial charge >= 0.3 is 0 Å². The Kier molecular flexibility index (Phi) is 4.97. The quantitative estimate of drug-likeness (QED) is 0.850. The largest absolute Gasteiger partial charge is 0.507 e. The van der Waals surface area contributed by atoms with E-state index in [4.69, 9.17) is 4.74 Å². The number of nitrogens with zero attached hydrogens (tertiary/aromatic N) is 1. The van der Waals surface area contributed by atoms with Gasteiger partial charge in [-0.1, -0.05) is 12.1 Å². The molecule has 0 saturated heterocycles. The number of likely N-dealkylation sites (N-methyl/N-ethyl adjacent to an activating group) is 1. The molecule has 0 spiro atoms. The Balaban J connectivity index is 2.55. The van der Waals surface area contributed by atoms with Crippen molar-refractivity contribution in [2.24, 2.45) is 0 Å². The van der Waals surface area contributed by atoms with Crippen molar-refractivity contribution in [3.63, 3.8) is 0 Å². The van der Waals surface area contributed by atoms with Gasteiger partial charge in [-0.15, -0.1) is 0 Å². The van der Waals surface area contributed by atoms with Gasteiger partial charge in [-0.3, -0.25) is 4.79 Å². The van der Waals surface area contributed by atoms with Crippen molar-refractivity contribution in [1.29, 1.82) is 0 Å². The summed E-state index contributed by atoms with van der Waals surface area (Å²) in [6, 6.07) is 6.53. The number of hydrogen-bond acceptors (Lipinski definition) is 3. The van der Waals surface area contributed by atoms with Gasteiger partial charge < -0.3 is 14.7 Å². The van der Waals surface area contributed by atoms with Crippen LogP contribution >= 0.6 is 0 Å². The minimum atomic E-state index is -0.199. The second-order valence-corrected chi connectivity index (χ2v) is 4.16. The molecule has 0 aromatic heterocycles. The number of ether oxygens (including phenoxy) is 1. The highest BCUT2D eigenvalue weighted by Crippen LogP contribution is 2.17. The predicted molar refractivity (Wildman–Crippen MR) is 66.2 cm³/mol. The van der Waals surface area contributed by atoms with E-state index in [1.807, 2.05) is 13.8 Å². The minimum Gasteiger partial charge on any atom is -0.507 e. The van der Waals surface area contributed by atoms with Crippen molar-refractivity contribution >= 4 is 5.91 Å². The topological polar surface area (TPSA) is 49.8 Å². The fraction of sp³-hybridized carbons (Fsp3) is 0.462. The fourth-order valence-corrected chi connectivity index (χ4v) is 1.39. The van der Waals surface area contributed by atoms with Crippen LogP contribution < -0.4 is 0 Å². The van der Waals surface area contributed by atoms with E-state index in [0.717, 1.165) is 0 Å². The van der Waals surface area contributed by atoms with Crippen LogP contribution in [-0.2, 0) is 4.74 Å². The molecule has 0 aliphatic heterocycles. The third kappa shape index (κ3) is 4.07. The highest BCUT2D eigenvalue weighted by atomic mass is 16.5. The number of phenolic OH excluding ortho intramolecular Hbond substituents is 1. The number of carbonyl (C=O) groups excluding carboxylic acids is 1. The number of carbonyl (C=O) groups is 1. The highest BCUT2D eigenvalue weighted by molar-refractivity contribution is 5.96. The molecule has 0 saturated carbocycles. The lowest BCUT2D eigenvalue weighted by atomic mass is 10.2. The predicted octanol–water partition coefficient (Wildman–Crippen LogP) is 1.89. The number of hydrogen-bond donors (Lipinski definition) is 1. The Labute approximate surface area is 102 Å². The maximum Gasteiger partial charge on any atom is 0.257 e. The van der Waals surface area contributed by atoms with Crippen LogP contribution in [0.3, 0.4) is 0 Å². The van der Waals surface area contributed by atoms with Gasteiger partial charge in [0.05, 0.1) is 18.3 Å². The smallest absolute Gasteiger partial charge is 0.257 e. The summed E-state index contributed by atoms with van der Waals surface area (Å²) in [6.45, 7) is 4.90. The van der Waals surface area contributed by atoms with Crippen LogP contribution in [0.25, 0.3) is 0 Å². The molecule has 0 atom stereocenters. The molecule has 1 aromatic carbocycles. The van der Waals surface area contributed by atoms with E-state index in [1.165, 1.54) is 11.0 Å². The lowest BCUT2D eigenvalue weighted by Gasteiger charge is -2.18. The molecule has 0 heterocycles. The van der Waals surface area contributed by atoms with Gasteiger partial charge in [-0.25, -0.2) is 0 Å². The second kappa shape index (κ2) is 6.25. The van der Waals surface area contributed by atoms with E-state index in [2.05, 4.69) is 0 Å². The van der Waals surface area contributed by atoms with Gasteiger partial charge in [-0.05, 0) is 26.0 Å². The molecule has 1 amide bonds. The van der Waals surface area contributed by atoms with Gasteiger partial charge in [0.25, 0.3) is 5.91 Å². The molecule has 17 heavy (non-hydrogen) atoms. The Morgan fingerprint density at radius 1 is 1.41 bits per heavy atom. The van der Waals surface area contributed by atoms with Crippen molar-refractivity contribution in [1.82, 2.24) is 4.90 Å². The summed E-state index contributed by atoms with van der Waals surface area (Å²) >= 11 is 0. The van der Waals surface area contributed by atoms with E-state index in [1.54, 1.807) is 25.2 Å². The summed E-state index contributed by atoms with van der Waals surface area (Å²) in [5, 5.41) is 9.56. The summed E-state index contributed by atoms with van der Waals surface area (Å²) in [5.41, 5.74) is 0.319. The monoisotopic (exact) mass is 237 g/mol. The highest BCUT2D eigenvalue weighted by Gasteiger charge is 2.14. The first-order valence-corrected chi connectivity index (χ1v) is 5.67. The molecule has 4 heteroatoms. The molecule has 1 rings (SSSR count). The van der Waals surface area contributed by atoms with Crippen LogP contribution in [0.5, 0.6) is 5.75 Å². The summed E-state index contributed by atoms with van der Waals surface area (Å²) in [5.74, 6) is -0.190. The van der Waals surface area contributed by atoms with Crippen molar-refractivity contribution < 1.29 is 14.6 Å². The third-order valence-corrected chi connectivity index (χ3v) is 2.36. The van der Waals surface area contributed by atoms with Gasteiger partial charge in [-0.2, -0.15) is 0 Å². The average Bonchev–Trinajstić information content (AvgIpc) is 2.28. The van der Waals surface area contributed by atoms with E-state index < -0.39 is 0 Å². The standard InChI is InChI=1S/C13H19NO3/c1-10(2)17-9-8-14(3)13(16)11-6-4-5-7-12(11)15/h4-7,10,15H,8-9H2,1-3H3. The molecule has 0 radical (unpaired) electrons. The van der Waals surface area contributed by atoms with E-state index in [9.17, 15) is 9.90 Å². The lowest BCUT2D eigenvalue weighted by molar-refractivity contribution is 0.0530. The normalized spacial score (nSPS) is 10.6. The fourth-order valence-electron chi connectivity index (χ4n) is 1.39. The van der Waals surface area contributed by atoms with Crippen LogP contribution in [-0.4, -0.2) is 42.2 Å². The van der Waals surface area contributed by atoms with E-state index in [0.29, 0.717) is 18.7 Å². The minimum absolute atomic E-state index is 0.00845. The van der Waals surface area contributed by atoms with E-state index in [-0.39, 0.29) is 17.8 Å². The van der Waals surface area contributed by atoms with Gasteiger partial charge in [0.15, 0.2) is 0 Å². The van der Waals surface area contributed by atoms with Crippen molar-refractivity contribution in [2.45, 2.75) is 20.0 Å². The first-order valence-electron chi connectivity index (χ1n) is 5.67. The first-order chi connectivity index (χ1) is 8.02. The number of amides is 1. The molecular formula is C13H19NO3. The summed E-state index contributed by atoms with van der Waals surface area (Å²) in [7, 11) is 1.69. The van der Waals surface area contributed by atoms with Crippen molar-refractivity contribution in [2.75, 3.05) is 20.2 Å². The van der Waals surface area contributed by atoms with Crippen LogP contribution in [0.15, 0.2) is 24.3 Å². The number of phenols is 1. The van der Waals surface area contributed by atoms with Crippen LogP contribution in [0.4, 0.5) is 0 Å². The third-order valence-electron chi connectivity index (χ3n) is 2.36. The molecule has 1 aromatic rings. The molecule has 4 nitrogen and oxygen atoms in total. The molecule has 1 N–H and O–H groups in total. The van der Waals surface area contributed by atoms with Crippen molar-refractivity contribution in [3.05, 3.63) is 29.8 Å². The maximum atomic E-state index is 12.0. The number of benzene rings is 1. The van der Waals surface area contributed by atoms with Gasteiger partial charge in [0.2, 0.25) is 0 Å². The number of para-hydroxylation sites is 1. The average molecular weight is 237 g/mol. The van der Waals surface area contributed by atoms with Gasteiger partial charge in [0, 0.05) is 13.6 Å². The molecule has 0 fully saturated rings. The molecule has 0 aliphatic rings. The van der Waals surface area contributed by atoms with Crippen LogP contribution in [0.1, 0.15) is 24.2 Å². The number of rotatable bonds is 5. The maximum absolute atomic E-state index is 12.0. The molecule has 0 aliphatic carbocycles.